The van der Waals surface area contributed by atoms with E-state index in [2.05, 4.69) is 15.6 Å². The van der Waals surface area contributed by atoms with Gasteiger partial charge in [-0.25, -0.2) is 0 Å². The lowest BCUT2D eigenvalue weighted by molar-refractivity contribution is -0.121. The predicted molar refractivity (Wildman–Crippen MR) is 119 cm³/mol. The lowest BCUT2D eigenvalue weighted by atomic mass is 10.1. The Balaban J connectivity index is 1.33. The van der Waals surface area contributed by atoms with Crippen LogP contribution in [0, 0.1) is 0 Å². The Bertz CT molecular complexity index is 1090. The zero-order chi connectivity index (χ0) is 20.2. The van der Waals surface area contributed by atoms with Gasteiger partial charge in [0.05, 0.1) is 0 Å². The number of hydrogen-bond donors (Lipinski definition) is 2. The molecular formula is C22H18ClN3O2S. The molecule has 0 saturated heterocycles. The minimum atomic E-state index is -0.516. The van der Waals surface area contributed by atoms with Crippen LogP contribution >= 0.6 is 23.4 Å². The Labute approximate surface area is 177 Å². The zero-order valence-electron chi connectivity index (χ0n) is 15.4. The lowest BCUT2D eigenvalue weighted by Gasteiger charge is -2.11. The molecule has 29 heavy (non-hydrogen) atoms. The highest BCUT2D eigenvalue weighted by Crippen LogP contribution is 2.27. The van der Waals surface area contributed by atoms with Crippen molar-refractivity contribution in [1.29, 1.82) is 0 Å². The van der Waals surface area contributed by atoms with Gasteiger partial charge in [0.1, 0.15) is 5.25 Å². The van der Waals surface area contributed by atoms with Gasteiger partial charge in [-0.3, -0.25) is 9.59 Å². The van der Waals surface area contributed by atoms with Crippen LogP contribution in [0.1, 0.15) is 12.0 Å². The fraction of sp³-hybridized carbons (Fsp3) is 0.136. The first-order chi connectivity index (χ1) is 14.1. The van der Waals surface area contributed by atoms with Crippen LogP contribution in [0.4, 0.5) is 5.69 Å². The summed E-state index contributed by atoms with van der Waals surface area (Å²) in [4.78, 5) is 28.7. The van der Waals surface area contributed by atoms with Crippen LogP contribution in [-0.4, -0.2) is 22.2 Å². The van der Waals surface area contributed by atoms with Crippen molar-refractivity contribution >= 4 is 56.8 Å². The van der Waals surface area contributed by atoms with Crippen LogP contribution in [0.5, 0.6) is 0 Å². The first-order valence-corrected chi connectivity index (χ1v) is 10.4. The molecule has 7 heteroatoms. The molecule has 3 aromatic carbocycles. The molecule has 1 aliphatic heterocycles. The third kappa shape index (κ3) is 4.78. The maximum absolute atomic E-state index is 12.5. The summed E-state index contributed by atoms with van der Waals surface area (Å²) in [5, 5.41) is 8.78. The zero-order valence-corrected chi connectivity index (χ0v) is 17.0. The Morgan fingerprint density at radius 3 is 2.62 bits per heavy atom. The molecule has 2 amide bonds. The van der Waals surface area contributed by atoms with Gasteiger partial charge in [-0.1, -0.05) is 71.9 Å². The fourth-order valence-electron chi connectivity index (χ4n) is 3.08. The van der Waals surface area contributed by atoms with E-state index in [1.807, 2.05) is 66.7 Å². The van der Waals surface area contributed by atoms with Crippen LogP contribution in [0.15, 0.2) is 71.7 Å². The number of amidine groups is 1. The van der Waals surface area contributed by atoms with Crippen molar-refractivity contribution < 1.29 is 9.59 Å². The van der Waals surface area contributed by atoms with Gasteiger partial charge in [0.25, 0.3) is 5.91 Å². The average molecular weight is 424 g/mol. The Kier molecular flexibility index (Phi) is 5.83. The second-order valence-corrected chi connectivity index (χ2v) is 8.25. The van der Waals surface area contributed by atoms with Crippen molar-refractivity contribution in [3.63, 3.8) is 0 Å². The molecule has 1 atom stereocenters. The van der Waals surface area contributed by atoms with Crippen LogP contribution in [-0.2, 0) is 16.1 Å². The van der Waals surface area contributed by atoms with E-state index in [9.17, 15) is 9.59 Å². The molecule has 146 valence electrons. The van der Waals surface area contributed by atoms with Crippen molar-refractivity contribution in [2.75, 3.05) is 5.32 Å². The monoisotopic (exact) mass is 423 g/mol. The first kappa shape index (κ1) is 19.5. The molecule has 4 rings (SSSR count). The summed E-state index contributed by atoms with van der Waals surface area (Å²) < 4.78 is 0. The van der Waals surface area contributed by atoms with Gasteiger partial charge in [-0.2, -0.15) is 4.99 Å². The number of rotatable bonds is 5. The summed E-state index contributed by atoms with van der Waals surface area (Å²) in [6, 6.07) is 21.0. The van der Waals surface area contributed by atoms with E-state index in [1.54, 1.807) is 0 Å². The van der Waals surface area contributed by atoms with Crippen molar-refractivity contribution in [3.8, 4) is 0 Å². The van der Waals surface area contributed by atoms with Crippen molar-refractivity contribution in [3.05, 3.63) is 77.3 Å². The van der Waals surface area contributed by atoms with E-state index in [0.29, 0.717) is 16.7 Å². The highest BCUT2D eigenvalue weighted by Gasteiger charge is 2.30. The van der Waals surface area contributed by atoms with Gasteiger partial charge in [-0.05, 0) is 29.1 Å². The number of anilines is 1. The second-order valence-electron chi connectivity index (χ2n) is 6.62. The lowest BCUT2D eigenvalue weighted by Crippen LogP contribution is -2.22. The normalized spacial score (nSPS) is 16.0. The van der Waals surface area contributed by atoms with E-state index < -0.39 is 5.25 Å². The first-order valence-electron chi connectivity index (χ1n) is 9.13. The number of nitrogens with one attached hydrogen (secondary N) is 2. The number of nitrogens with zero attached hydrogens (tertiary/aromatic N) is 1. The van der Waals surface area contributed by atoms with E-state index >= 15 is 0 Å². The Morgan fingerprint density at radius 1 is 1.03 bits per heavy atom. The molecule has 1 unspecified atom stereocenters. The fourth-order valence-corrected chi connectivity index (χ4v) is 4.16. The number of carbonyl (C=O) groups is 2. The van der Waals surface area contributed by atoms with E-state index in [4.69, 9.17) is 11.6 Å². The molecule has 0 bridgehead atoms. The summed E-state index contributed by atoms with van der Waals surface area (Å²) in [7, 11) is 0. The summed E-state index contributed by atoms with van der Waals surface area (Å²) >= 11 is 7.17. The smallest absolute Gasteiger partial charge is 0.262 e. The number of benzene rings is 3. The highest BCUT2D eigenvalue weighted by atomic mass is 35.5. The number of hydrogen-bond acceptors (Lipinski definition) is 4. The second kappa shape index (κ2) is 8.68. The van der Waals surface area contributed by atoms with Gasteiger partial charge in [0, 0.05) is 29.1 Å². The van der Waals surface area contributed by atoms with Crippen LogP contribution in [0.3, 0.4) is 0 Å². The summed E-state index contributed by atoms with van der Waals surface area (Å²) in [6.45, 7) is 0.533. The van der Waals surface area contributed by atoms with E-state index in [-0.39, 0.29) is 18.2 Å². The molecule has 2 N–H and O–H groups in total. The quantitative estimate of drug-likeness (QED) is 0.628. The van der Waals surface area contributed by atoms with Gasteiger partial charge in [0.2, 0.25) is 5.91 Å². The van der Waals surface area contributed by atoms with Crippen molar-refractivity contribution in [2.24, 2.45) is 4.99 Å². The van der Waals surface area contributed by atoms with Crippen LogP contribution in [0.2, 0.25) is 5.02 Å². The van der Waals surface area contributed by atoms with Gasteiger partial charge in [-0.15, -0.1) is 0 Å². The van der Waals surface area contributed by atoms with Crippen molar-refractivity contribution in [2.45, 2.75) is 18.2 Å². The summed E-state index contributed by atoms with van der Waals surface area (Å²) in [5.41, 5.74) is 1.77. The third-order valence-corrected chi connectivity index (χ3v) is 5.90. The number of halogens is 1. The molecule has 0 spiro atoms. The molecule has 5 nitrogen and oxygen atoms in total. The standard InChI is InChI=1S/C22H18ClN3O2S/c23-16-10-8-14(9-11-16)13-24-22-26-21(28)19(29-22)12-20(27)25-18-7-3-5-15-4-1-2-6-17(15)18/h1-11,19H,12-13H2,(H,25,27)(H,24,26,28). The molecule has 1 aliphatic rings. The highest BCUT2D eigenvalue weighted by molar-refractivity contribution is 8.15. The Morgan fingerprint density at radius 2 is 1.79 bits per heavy atom. The van der Waals surface area contributed by atoms with E-state index in [1.165, 1.54) is 11.8 Å². The van der Waals surface area contributed by atoms with Crippen LogP contribution < -0.4 is 10.6 Å². The molecule has 0 aliphatic carbocycles. The van der Waals surface area contributed by atoms with Gasteiger partial charge >= 0.3 is 0 Å². The predicted octanol–water partition coefficient (Wildman–Crippen LogP) is 4.61. The minimum absolute atomic E-state index is 0.0718. The maximum atomic E-state index is 12.5. The Hall–Kier alpha value is -2.83. The number of aliphatic imine (C=N–C) groups is 1. The molecule has 0 fully saturated rings. The molecule has 0 aromatic heterocycles. The third-order valence-electron chi connectivity index (χ3n) is 4.53. The van der Waals surface area contributed by atoms with Gasteiger partial charge < -0.3 is 10.6 Å². The number of amides is 2. The molecule has 0 saturated carbocycles. The maximum Gasteiger partial charge on any atom is 0.262 e. The van der Waals surface area contributed by atoms with Crippen molar-refractivity contribution in [1.82, 2.24) is 5.32 Å². The molecule has 1 heterocycles. The minimum Gasteiger partial charge on any atom is -0.360 e. The summed E-state index contributed by atoms with van der Waals surface area (Å²) in [6.07, 6.45) is 0.0718. The van der Waals surface area contributed by atoms with Gasteiger partial charge in [0.15, 0.2) is 5.17 Å². The topological polar surface area (TPSA) is 70.6 Å². The molecule has 3 aromatic rings. The molecular weight excluding hydrogens is 406 g/mol. The number of carbonyl (C=O) groups excluding carboxylic acids is 2. The summed E-state index contributed by atoms with van der Waals surface area (Å²) in [5.74, 6) is -0.497. The SMILES string of the molecule is O=C(CC1SC(NCc2ccc(Cl)cc2)=NC1=O)Nc1cccc2ccccc12. The molecule has 0 radical (unpaired) electrons. The average Bonchev–Trinajstić information content (AvgIpc) is 3.07. The number of fused-ring (bicyclic) bond motifs is 1. The largest absolute Gasteiger partial charge is 0.360 e. The van der Waals surface area contributed by atoms with E-state index in [0.717, 1.165) is 22.0 Å². The number of thioether (sulfide) groups is 1. The van der Waals surface area contributed by atoms with Crippen LogP contribution in [0.25, 0.3) is 10.8 Å².